The van der Waals surface area contributed by atoms with Crippen LogP contribution in [0.1, 0.15) is 34.7 Å². The van der Waals surface area contributed by atoms with Gasteiger partial charge in [-0.05, 0) is 65.6 Å². The van der Waals surface area contributed by atoms with Gasteiger partial charge in [-0.15, -0.1) is 0 Å². The van der Waals surface area contributed by atoms with Crippen LogP contribution in [-0.4, -0.2) is 56.0 Å². The molecule has 0 aliphatic carbocycles. The summed E-state index contributed by atoms with van der Waals surface area (Å²) in [5.74, 6) is -0.0143. The average Bonchev–Trinajstić information content (AvgIpc) is 3.34. The van der Waals surface area contributed by atoms with Gasteiger partial charge in [0.15, 0.2) is 0 Å². The first-order valence-electron chi connectivity index (χ1n) is 15.8. The van der Waals surface area contributed by atoms with Gasteiger partial charge in [0.25, 0.3) is 5.91 Å². The van der Waals surface area contributed by atoms with E-state index in [9.17, 15) is 14.7 Å². The second-order valence-corrected chi connectivity index (χ2v) is 11.7. The van der Waals surface area contributed by atoms with Gasteiger partial charge in [-0.1, -0.05) is 72.5 Å². The van der Waals surface area contributed by atoms with Crippen LogP contribution in [0.3, 0.4) is 0 Å². The maximum absolute atomic E-state index is 14.1. The van der Waals surface area contributed by atoms with Gasteiger partial charge in [0.1, 0.15) is 36.9 Å². The molecule has 6 rings (SSSR count). The van der Waals surface area contributed by atoms with E-state index in [1.807, 2.05) is 91.9 Å². The highest BCUT2D eigenvalue weighted by Gasteiger charge is 2.44. The molecule has 1 N–H and O–H groups in total. The first kappa shape index (κ1) is 31.1. The zero-order valence-electron chi connectivity index (χ0n) is 25.9. The van der Waals surface area contributed by atoms with Gasteiger partial charge in [0.2, 0.25) is 5.78 Å². The van der Waals surface area contributed by atoms with Crippen molar-refractivity contribution in [1.29, 1.82) is 0 Å². The molecule has 8 heteroatoms. The minimum Gasteiger partial charge on any atom is -0.872 e. The predicted octanol–water partition coefficient (Wildman–Crippen LogP) is 3.90. The van der Waals surface area contributed by atoms with Gasteiger partial charge in [0.05, 0.1) is 25.8 Å². The van der Waals surface area contributed by atoms with Crippen LogP contribution in [0.4, 0.5) is 0 Å². The number of rotatable bonds is 11. The average molecular weight is 619 g/mol. The fourth-order valence-corrected chi connectivity index (χ4v) is 6.07. The number of hydrogen-bond acceptors (Lipinski definition) is 6. The lowest BCUT2D eigenvalue weighted by Crippen LogP contribution is -3.14. The molecule has 46 heavy (non-hydrogen) atoms. The Morgan fingerprint density at radius 1 is 0.891 bits per heavy atom. The number of carbonyl (C=O) groups excluding carboxylic acids is 2. The SMILES string of the molecule is Cc1cc(C([O-])=C2C(=O)C(=O)N(CCC[NH+]3CCOCC3)C2c2cccc(Oc3ccccc3)c2)ccc1OCc1ccccc1. The van der Waals surface area contributed by atoms with Crippen LogP contribution in [0.2, 0.25) is 0 Å². The number of ether oxygens (including phenoxy) is 3. The van der Waals surface area contributed by atoms with Crippen molar-refractivity contribution in [2.75, 3.05) is 39.4 Å². The number of carbonyl (C=O) groups is 2. The number of Topliss-reactive ketones (excluding diaryl/α,β-unsaturated/α-hetero) is 1. The minimum atomic E-state index is -0.833. The van der Waals surface area contributed by atoms with Crippen LogP contribution in [0.25, 0.3) is 5.76 Å². The Kier molecular flexibility index (Phi) is 9.76. The number of benzene rings is 4. The number of aryl methyl sites for hydroxylation is 1. The molecule has 0 saturated carbocycles. The quantitative estimate of drug-likeness (QED) is 0.156. The van der Waals surface area contributed by atoms with Crippen LogP contribution in [-0.2, 0) is 20.9 Å². The van der Waals surface area contributed by atoms with Crippen LogP contribution < -0.4 is 19.5 Å². The smallest absolute Gasteiger partial charge is 0.295 e. The van der Waals surface area contributed by atoms with Gasteiger partial charge in [-0.2, -0.15) is 0 Å². The highest BCUT2D eigenvalue weighted by Crippen LogP contribution is 2.40. The summed E-state index contributed by atoms with van der Waals surface area (Å²) in [6, 6.07) is 30.8. The second kappa shape index (κ2) is 14.5. The molecule has 2 saturated heterocycles. The van der Waals surface area contributed by atoms with E-state index in [-0.39, 0.29) is 5.57 Å². The van der Waals surface area contributed by atoms with Gasteiger partial charge >= 0.3 is 0 Å². The Balaban J connectivity index is 1.31. The summed E-state index contributed by atoms with van der Waals surface area (Å²) in [5, 5.41) is 14.1. The van der Waals surface area contributed by atoms with E-state index in [1.54, 1.807) is 23.1 Å². The number of quaternary nitrogens is 1. The molecule has 8 nitrogen and oxygen atoms in total. The maximum atomic E-state index is 14.1. The predicted molar refractivity (Wildman–Crippen MR) is 172 cm³/mol. The number of ketones is 1. The van der Waals surface area contributed by atoms with Crippen molar-refractivity contribution < 1.29 is 33.8 Å². The summed E-state index contributed by atoms with van der Waals surface area (Å²) >= 11 is 0. The van der Waals surface area contributed by atoms with Gasteiger partial charge in [0, 0.05) is 18.5 Å². The molecule has 1 atom stereocenters. The van der Waals surface area contributed by atoms with Crippen LogP contribution in [0, 0.1) is 6.92 Å². The fourth-order valence-electron chi connectivity index (χ4n) is 6.07. The third-order valence-electron chi connectivity index (χ3n) is 8.49. The van der Waals surface area contributed by atoms with Crippen LogP contribution in [0.15, 0.2) is 109 Å². The molecule has 2 heterocycles. The molecule has 2 fully saturated rings. The topological polar surface area (TPSA) is 92.6 Å². The lowest BCUT2D eigenvalue weighted by Gasteiger charge is -2.29. The number of nitrogens with one attached hydrogen (secondary N) is 1. The van der Waals surface area contributed by atoms with Crippen molar-refractivity contribution in [3.63, 3.8) is 0 Å². The molecule has 2 aliphatic heterocycles. The van der Waals surface area contributed by atoms with Crippen molar-refractivity contribution in [2.45, 2.75) is 26.0 Å². The summed E-state index contributed by atoms with van der Waals surface area (Å²) in [6.45, 7) is 6.72. The molecule has 1 unspecified atom stereocenters. The largest absolute Gasteiger partial charge is 0.872 e. The van der Waals surface area contributed by atoms with Crippen molar-refractivity contribution in [2.24, 2.45) is 0 Å². The maximum Gasteiger partial charge on any atom is 0.295 e. The second-order valence-electron chi connectivity index (χ2n) is 11.7. The number of para-hydroxylation sites is 1. The first-order chi connectivity index (χ1) is 22.5. The van der Waals surface area contributed by atoms with Gasteiger partial charge in [-0.3, -0.25) is 9.59 Å². The minimum absolute atomic E-state index is 0.0436. The highest BCUT2D eigenvalue weighted by molar-refractivity contribution is 6.46. The molecule has 0 spiro atoms. The Morgan fingerprint density at radius 3 is 2.35 bits per heavy atom. The van der Waals surface area contributed by atoms with E-state index < -0.39 is 23.5 Å². The third-order valence-corrected chi connectivity index (χ3v) is 8.49. The fraction of sp³-hybridized carbons (Fsp3) is 0.263. The van der Waals surface area contributed by atoms with Crippen LogP contribution in [0.5, 0.6) is 17.2 Å². The summed E-state index contributed by atoms with van der Waals surface area (Å²) in [6.07, 6.45) is 0.694. The van der Waals surface area contributed by atoms with E-state index in [4.69, 9.17) is 14.2 Å². The van der Waals surface area contributed by atoms with E-state index in [2.05, 4.69) is 0 Å². The molecule has 0 bridgehead atoms. The molecular weight excluding hydrogens is 580 g/mol. The summed E-state index contributed by atoms with van der Waals surface area (Å²) in [5.41, 5.74) is 2.73. The Bertz CT molecular complexity index is 1700. The van der Waals surface area contributed by atoms with E-state index >= 15 is 0 Å². The number of likely N-dealkylation sites (tertiary alicyclic amines) is 1. The number of hydrogen-bond donors (Lipinski definition) is 1. The lowest BCUT2D eigenvalue weighted by molar-refractivity contribution is -0.908. The molecule has 4 aromatic rings. The molecule has 0 aromatic heterocycles. The third kappa shape index (κ3) is 7.14. The van der Waals surface area contributed by atoms with Gasteiger partial charge < -0.3 is 29.1 Å². The number of morpholine rings is 1. The monoisotopic (exact) mass is 618 g/mol. The van der Waals surface area contributed by atoms with E-state index in [1.165, 1.54) is 4.90 Å². The van der Waals surface area contributed by atoms with Crippen molar-refractivity contribution in [1.82, 2.24) is 4.90 Å². The van der Waals surface area contributed by atoms with Gasteiger partial charge in [-0.25, -0.2) is 0 Å². The highest BCUT2D eigenvalue weighted by atomic mass is 16.5. The molecular formula is C38H38N2O6. The summed E-state index contributed by atoms with van der Waals surface area (Å²) in [7, 11) is 0. The van der Waals surface area contributed by atoms with Crippen molar-refractivity contribution in [3.05, 3.63) is 131 Å². The standard InChI is InChI=1S/C38H38N2O6/c1-27-24-30(16-17-33(27)45-26-28-10-4-2-5-11-28)36(41)34-35(29-12-8-15-32(25-29)46-31-13-6-3-7-14-31)40(38(43)37(34)42)19-9-18-39-20-22-44-23-21-39/h2-8,10-17,24-25,35,41H,9,18-23,26H2,1H3. The Labute approximate surface area is 269 Å². The molecule has 236 valence electrons. The van der Waals surface area contributed by atoms with E-state index in [0.717, 1.165) is 44.0 Å². The summed E-state index contributed by atoms with van der Waals surface area (Å²) in [4.78, 5) is 30.2. The zero-order valence-corrected chi connectivity index (χ0v) is 25.9. The lowest BCUT2D eigenvalue weighted by atomic mass is 9.94. The Morgan fingerprint density at radius 2 is 1.61 bits per heavy atom. The van der Waals surface area contributed by atoms with Crippen molar-refractivity contribution >= 4 is 17.4 Å². The molecule has 4 aromatic carbocycles. The normalized spacial score (nSPS) is 18.1. The number of amides is 1. The summed E-state index contributed by atoms with van der Waals surface area (Å²) < 4.78 is 17.6. The Hall–Kier alpha value is -4.92. The number of nitrogens with zero attached hydrogens (tertiary/aromatic N) is 1. The molecule has 1 amide bonds. The molecule has 0 radical (unpaired) electrons. The first-order valence-corrected chi connectivity index (χ1v) is 15.8. The zero-order chi connectivity index (χ0) is 31.9. The molecule has 2 aliphatic rings. The van der Waals surface area contributed by atoms with Crippen molar-refractivity contribution in [3.8, 4) is 17.2 Å². The van der Waals surface area contributed by atoms with Crippen LogP contribution >= 0.6 is 0 Å². The van der Waals surface area contributed by atoms with E-state index in [0.29, 0.717) is 47.9 Å².